The van der Waals surface area contributed by atoms with Gasteiger partial charge in [0.2, 0.25) is 0 Å². The van der Waals surface area contributed by atoms with Gasteiger partial charge >= 0.3 is 6.18 Å². The smallest absolute Gasteiger partial charge is 0.314 e. The van der Waals surface area contributed by atoms with Crippen LogP contribution in [-0.4, -0.2) is 30.6 Å². The van der Waals surface area contributed by atoms with Crippen LogP contribution in [0.2, 0.25) is 0 Å². The second-order valence-electron chi connectivity index (χ2n) is 5.09. The molecule has 0 amide bonds. The van der Waals surface area contributed by atoms with Crippen LogP contribution < -0.4 is 5.32 Å². The topological polar surface area (TPSA) is 15.3 Å². The number of piperazine rings is 1. The number of benzene rings is 1. The zero-order valence-electron chi connectivity index (χ0n) is 11.2. The second-order valence-corrected chi connectivity index (χ2v) is 5.09. The van der Waals surface area contributed by atoms with E-state index in [1.54, 1.807) is 12.1 Å². The fourth-order valence-electron chi connectivity index (χ4n) is 2.57. The van der Waals surface area contributed by atoms with Crippen LogP contribution in [0.25, 0.3) is 0 Å². The van der Waals surface area contributed by atoms with Gasteiger partial charge < -0.3 is 5.32 Å². The first-order chi connectivity index (χ1) is 8.89. The Balaban J connectivity index is 2.13. The molecule has 1 heterocycles. The van der Waals surface area contributed by atoms with Gasteiger partial charge in [-0.2, -0.15) is 13.2 Å². The zero-order valence-corrected chi connectivity index (χ0v) is 11.2. The highest BCUT2D eigenvalue weighted by atomic mass is 19.4. The van der Waals surface area contributed by atoms with Gasteiger partial charge in [-0.05, 0) is 31.5 Å². The number of nitrogens with zero attached hydrogens (tertiary/aromatic N) is 1. The molecule has 0 radical (unpaired) electrons. The van der Waals surface area contributed by atoms with Crippen molar-refractivity contribution in [2.24, 2.45) is 0 Å². The molecule has 1 aromatic carbocycles. The van der Waals surface area contributed by atoms with Crippen LogP contribution in [0.3, 0.4) is 0 Å². The lowest BCUT2D eigenvalue weighted by Crippen LogP contribution is -2.50. The van der Waals surface area contributed by atoms with E-state index in [1.807, 2.05) is 6.92 Å². The molecule has 0 aliphatic carbocycles. The summed E-state index contributed by atoms with van der Waals surface area (Å²) in [6, 6.07) is 6.03. The van der Waals surface area contributed by atoms with Gasteiger partial charge in [0.05, 0.1) is 5.56 Å². The minimum atomic E-state index is -4.26. The van der Waals surface area contributed by atoms with Crippen LogP contribution in [0.15, 0.2) is 24.3 Å². The molecule has 1 fully saturated rings. The van der Waals surface area contributed by atoms with Gasteiger partial charge in [-0.15, -0.1) is 0 Å². The average molecular weight is 272 g/mol. The van der Waals surface area contributed by atoms with E-state index in [1.165, 1.54) is 12.1 Å². The lowest BCUT2D eigenvalue weighted by molar-refractivity contribution is -0.137. The van der Waals surface area contributed by atoms with Crippen molar-refractivity contribution in [1.29, 1.82) is 0 Å². The summed E-state index contributed by atoms with van der Waals surface area (Å²) < 4.78 is 37.6. The molecule has 0 bridgehead atoms. The number of hydrogen-bond donors (Lipinski definition) is 1. The maximum atomic E-state index is 12.5. The highest BCUT2D eigenvalue weighted by Gasteiger charge is 2.30. The van der Waals surface area contributed by atoms with Gasteiger partial charge in [-0.25, -0.2) is 0 Å². The summed E-state index contributed by atoms with van der Waals surface area (Å²) in [6.07, 6.45) is -4.26. The van der Waals surface area contributed by atoms with Crippen molar-refractivity contribution in [3.05, 3.63) is 35.4 Å². The Hall–Kier alpha value is -1.07. The third kappa shape index (κ3) is 3.28. The molecule has 19 heavy (non-hydrogen) atoms. The van der Waals surface area contributed by atoms with Crippen LogP contribution >= 0.6 is 0 Å². The summed E-state index contributed by atoms with van der Waals surface area (Å²) >= 11 is 0. The molecular weight excluding hydrogens is 253 g/mol. The maximum Gasteiger partial charge on any atom is 0.416 e. The van der Waals surface area contributed by atoms with Gasteiger partial charge in [0.25, 0.3) is 0 Å². The normalized spacial score (nSPS) is 23.3. The van der Waals surface area contributed by atoms with Gasteiger partial charge in [0, 0.05) is 31.7 Å². The Labute approximate surface area is 111 Å². The Morgan fingerprint density at radius 1 is 1.26 bits per heavy atom. The monoisotopic (exact) mass is 272 g/mol. The molecule has 1 N–H and O–H groups in total. The van der Waals surface area contributed by atoms with Gasteiger partial charge in [-0.3, -0.25) is 4.90 Å². The van der Waals surface area contributed by atoms with Crippen molar-refractivity contribution >= 4 is 0 Å². The average Bonchev–Trinajstić information content (AvgIpc) is 2.38. The molecule has 1 unspecified atom stereocenters. The van der Waals surface area contributed by atoms with Crippen LogP contribution in [0, 0.1) is 0 Å². The molecule has 2 rings (SSSR count). The van der Waals surface area contributed by atoms with Crippen molar-refractivity contribution in [3.8, 4) is 0 Å². The molecule has 0 saturated carbocycles. The number of alkyl halides is 3. The van der Waals surface area contributed by atoms with E-state index in [0.29, 0.717) is 6.04 Å². The zero-order chi connectivity index (χ0) is 14.0. The SMILES string of the molecule is CC(c1ccc(C(F)(F)F)cc1)N1CCNC[C@@H]1C. The van der Waals surface area contributed by atoms with E-state index < -0.39 is 11.7 Å². The van der Waals surface area contributed by atoms with Crippen molar-refractivity contribution in [2.45, 2.75) is 32.1 Å². The van der Waals surface area contributed by atoms with Gasteiger partial charge in [0.1, 0.15) is 0 Å². The predicted octanol–water partition coefficient (Wildman–Crippen LogP) is 3.06. The quantitative estimate of drug-likeness (QED) is 0.890. The highest BCUT2D eigenvalue weighted by Crippen LogP contribution is 2.31. The Morgan fingerprint density at radius 2 is 1.89 bits per heavy atom. The summed E-state index contributed by atoms with van der Waals surface area (Å²) in [5.74, 6) is 0. The molecule has 1 aromatic rings. The summed E-state index contributed by atoms with van der Waals surface area (Å²) in [5.41, 5.74) is 0.346. The molecule has 0 aromatic heterocycles. The van der Waals surface area contributed by atoms with E-state index in [9.17, 15) is 13.2 Å². The van der Waals surface area contributed by atoms with E-state index in [0.717, 1.165) is 25.2 Å². The Kier molecular flexibility index (Phi) is 4.16. The molecule has 2 atom stereocenters. The highest BCUT2D eigenvalue weighted by molar-refractivity contribution is 5.26. The first kappa shape index (κ1) is 14.3. The Bertz CT molecular complexity index is 414. The molecular formula is C14H19F3N2. The minimum Gasteiger partial charge on any atom is -0.314 e. The molecule has 0 spiro atoms. The fourth-order valence-corrected chi connectivity index (χ4v) is 2.57. The van der Waals surface area contributed by atoms with Crippen LogP contribution in [-0.2, 0) is 6.18 Å². The number of rotatable bonds is 2. The number of hydrogen-bond acceptors (Lipinski definition) is 2. The van der Waals surface area contributed by atoms with E-state index in [-0.39, 0.29) is 6.04 Å². The first-order valence-electron chi connectivity index (χ1n) is 6.53. The van der Waals surface area contributed by atoms with Crippen molar-refractivity contribution in [3.63, 3.8) is 0 Å². The van der Waals surface area contributed by atoms with Crippen molar-refractivity contribution < 1.29 is 13.2 Å². The predicted molar refractivity (Wildman–Crippen MR) is 68.9 cm³/mol. The first-order valence-corrected chi connectivity index (χ1v) is 6.53. The maximum absolute atomic E-state index is 12.5. The second kappa shape index (κ2) is 5.51. The third-order valence-electron chi connectivity index (χ3n) is 3.77. The minimum absolute atomic E-state index is 0.138. The van der Waals surface area contributed by atoms with Crippen LogP contribution in [0.5, 0.6) is 0 Å². The summed E-state index contributed by atoms with van der Waals surface area (Å²) in [6.45, 7) is 6.95. The van der Waals surface area contributed by atoms with Crippen LogP contribution in [0.4, 0.5) is 13.2 Å². The lowest BCUT2D eigenvalue weighted by atomic mass is 10.0. The van der Waals surface area contributed by atoms with Crippen molar-refractivity contribution in [1.82, 2.24) is 10.2 Å². The molecule has 5 heteroatoms. The van der Waals surface area contributed by atoms with E-state index >= 15 is 0 Å². The Morgan fingerprint density at radius 3 is 2.42 bits per heavy atom. The molecule has 2 nitrogen and oxygen atoms in total. The molecule has 1 aliphatic rings. The van der Waals surface area contributed by atoms with Gasteiger partial charge in [-0.1, -0.05) is 12.1 Å². The molecule has 106 valence electrons. The third-order valence-corrected chi connectivity index (χ3v) is 3.77. The standard InChI is InChI=1S/C14H19F3N2/c1-10-9-18-7-8-19(10)11(2)12-3-5-13(6-4-12)14(15,16)17/h3-6,10-11,18H,7-9H2,1-2H3/t10-,11?/m0/s1. The largest absolute Gasteiger partial charge is 0.416 e. The molecule has 1 aliphatic heterocycles. The van der Waals surface area contributed by atoms with Crippen LogP contribution in [0.1, 0.15) is 31.0 Å². The summed E-state index contributed by atoms with van der Waals surface area (Å²) in [5, 5.41) is 3.31. The lowest BCUT2D eigenvalue weighted by Gasteiger charge is -2.38. The number of nitrogens with one attached hydrogen (secondary N) is 1. The number of halogens is 3. The van der Waals surface area contributed by atoms with E-state index in [4.69, 9.17) is 0 Å². The molecule has 1 saturated heterocycles. The fraction of sp³-hybridized carbons (Fsp3) is 0.571. The van der Waals surface area contributed by atoms with Gasteiger partial charge in [0.15, 0.2) is 0 Å². The summed E-state index contributed by atoms with van der Waals surface area (Å²) in [4.78, 5) is 2.32. The summed E-state index contributed by atoms with van der Waals surface area (Å²) in [7, 11) is 0. The van der Waals surface area contributed by atoms with Crippen molar-refractivity contribution in [2.75, 3.05) is 19.6 Å². The van der Waals surface area contributed by atoms with E-state index in [2.05, 4.69) is 17.1 Å².